The molecule has 0 spiro atoms. The number of nitrogens with zero attached hydrogens (tertiary/aromatic N) is 1. The minimum absolute atomic E-state index is 0. The Morgan fingerprint density at radius 2 is 1.00 bits per heavy atom. The fourth-order valence-electron chi connectivity index (χ4n) is 0. The van der Waals surface area contributed by atoms with Gasteiger partial charge >= 0.3 is 0 Å². The molecule has 0 aromatic rings. The maximum Gasteiger partial charge on any atom is 0.291 e. The van der Waals surface area contributed by atoms with Gasteiger partial charge in [-0.2, -0.15) is 0 Å². The summed E-state index contributed by atoms with van der Waals surface area (Å²) in [7, 11) is 0. The third kappa shape index (κ3) is 4240. The topological polar surface area (TPSA) is 221 Å². The average Bonchev–Trinajstić information content (AvgIpc) is 0.811. The van der Waals surface area contributed by atoms with Crippen molar-refractivity contribution in [1.82, 2.24) is 0 Å². The molecule has 68 valence electrons. The molecule has 0 aromatic carbocycles. The van der Waals surface area contributed by atoms with Gasteiger partial charge in [-0.15, -0.1) is 10.1 Å². The van der Waals surface area contributed by atoms with Gasteiger partial charge in [0, 0.05) is 39.9 Å². The van der Waals surface area contributed by atoms with Gasteiger partial charge in [0.05, 0.1) is 0 Å². The fourth-order valence-corrected chi connectivity index (χ4v) is 0. The molecule has 0 saturated carbocycles. The molecular weight excluding hydrogens is 374 g/mol. The van der Waals surface area contributed by atoms with Crippen molar-refractivity contribution >= 4 is 0 Å². The first kappa shape index (κ1) is 81.2. The Bertz CT molecular complexity index is 32.2. The summed E-state index contributed by atoms with van der Waals surface area (Å²) in [6.07, 6.45) is 0. The quantitative estimate of drug-likeness (QED) is 0.322. The third-order valence-corrected chi connectivity index (χ3v) is 0. The van der Waals surface area contributed by atoms with E-state index in [1.54, 1.807) is 0 Å². The molecule has 0 bridgehead atoms. The molecular formula is H11NO8Th. The van der Waals surface area contributed by atoms with Crippen LogP contribution < -0.4 is 0 Å². The molecule has 0 aliphatic heterocycles. The summed E-state index contributed by atoms with van der Waals surface area (Å²) in [6, 6.07) is 0. The molecule has 0 radical (unpaired) electrons. The van der Waals surface area contributed by atoms with E-state index >= 15 is 0 Å². The predicted octanol–water partition coefficient (Wildman–Crippen LogP) is -4.47. The van der Waals surface area contributed by atoms with Gasteiger partial charge < -0.3 is 32.6 Å². The molecule has 11 N–H and O–H groups in total. The minimum atomic E-state index is -1.50. The van der Waals surface area contributed by atoms with Gasteiger partial charge in [-0.25, -0.2) is 0 Å². The number of hydrogen-bond acceptors (Lipinski definition) is 2. The Morgan fingerprint density at radius 1 is 1.00 bits per heavy atom. The van der Waals surface area contributed by atoms with Crippen LogP contribution in [-0.2, 0) is 0 Å². The van der Waals surface area contributed by atoms with Gasteiger partial charge in [-0.3, -0.25) is 0 Å². The zero-order chi connectivity index (χ0) is 3.58. The largest absolute Gasteiger partial charge is 0.412 e. The molecule has 0 aliphatic rings. The van der Waals surface area contributed by atoms with Crippen LogP contribution in [0.2, 0.25) is 0 Å². The molecule has 0 aromatic heterocycles. The smallest absolute Gasteiger partial charge is 0.291 e. The van der Waals surface area contributed by atoms with E-state index in [1.807, 2.05) is 0 Å². The van der Waals surface area contributed by atoms with E-state index in [4.69, 9.17) is 15.3 Å². The third-order valence-electron chi connectivity index (χ3n) is 0. The summed E-state index contributed by atoms with van der Waals surface area (Å²) >= 11 is 0. The second kappa shape index (κ2) is 58.5. The Kier molecular flexibility index (Phi) is 475. The van der Waals surface area contributed by atoms with E-state index in [1.165, 1.54) is 0 Å². The van der Waals surface area contributed by atoms with Gasteiger partial charge in [-0.1, -0.05) is 0 Å². The van der Waals surface area contributed by atoms with Crippen LogP contribution in [0.5, 0.6) is 0 Å². The van der Waals surface area contributed by atoms with Crippen LogP contribution in [-0.4, -0.2) is 37.7 Å². The molecule has 0 atom stereocenters. The monoisotopic (exact) mass is 385 g/mol. The Morgan fingerprint density at radius 3 is 1.00 bits per heavy atom. The van der Waals surface area contributed by atoms with Crippen molar-refractivity contribution in [2.75, 3.05) is 0 Å². The summed E-state index contributed by atoms with van der Waals surface area (Å²) < 4.78 is 0. The Balaban J connectivity index is -0.00000000300. The molecule has 0 fully saturated rings. The maximum atomic E-state index is 8.36. The van der Waals surface area contributed by atoms with Crippen LogP contribution in [0.4, 0.5) is 0 Å². The predicted molar refractivity (Wildman–Crippen MR) is 26.8 cm³/mol. The van der Waals surface area contributed by atoms with Crippen molar-refractivity contribution in [3.8, 4) is 0 Å². The SMILES string of the molecule is O.O.O.O.O.O=[N+]([O-])O.[Th]. The molecule has 10 heavy (non-hydrogen) atoms. The van der Waals surface area contributed by atoms with Crippen LogP contribution in [0.3, 0.4) is 0 Å². The van der Waals surface area contributed by atoms with Crippen LogP contribution in [0, 0.1) is 50.1 Å². The summed E-state index contributed by atoms with van der Waals surface area (Å²) in [5, 5.41) is 13.6. The minimum Gasteiger partial charge on any atom is -0.412 e. The summed E-state index contributed by atoms with van der Waals surface area (Å²) in [6.45, 7) is 0. The van der Waals surface area contributed by atoms with Gasteiger partial charge in [0.1, 0.15) is 0 Å². The summed E-state index contributed by atoms with van der Waals surface area (Å²) in [5.74, 6) is 0. The molecule has 0 heterocycles. The normalized spacial score (nSPS) is 2.40. The first-order chi connectivity index (χ1) is 1.73. The molecule has 0 amide bonds. The van der Waals surface area contributed by atoms with E-state index in [2.05, 4.69) is 0 Å². The van der Waals surface area contributed by atoms with Crippen molar-refractivity contribution in [3.05, 3.63) is 10.1 Å². The first-order valence-electron chi connectivity index (χ1n) is 0.565. The van der Waals surface area contributed by atoms with E-state index < -0.39 is 5.09 Å². The van der Waals surface area contributed by atoms with Gasteiger partial charge in [0.25, 0.3) is 5.09 Å². The second-order valence-electron chi connectivity index (χ2n) is 0.238. The molecule has 0 saturated heterocycles. The average molecular weight is 385 g/mol. The first-order valence-corrected chi connectivity index (χ1v) is 0.565. The van der Waals surface area contributed by atoms with E-state index in [-0.39, 0.29) is 67.3 Å². The second-order valence-corrected chi connectivity index (χ2v) is 0.238. The van der Waals surface area contributed by atoms with Crippen molar-refractivity contribution in [1.29, 1.82) is 0 Å². The van der Waals surface area contributed by atoms with Crippen molar-refractivity contribution in [3.63, 3.8) is 0 Å². The van der Waals surface area contributed by atoms with Crippen molar-refractivity contribution in [2.45, 2.75) is 0 Å². The standard InChI is InChI=1S/HNO3.5H2O.Th/c2-1(3)4;;;;;;/h(H,2,3,4);5*1H2;. The molecule has 0 unspecified atom stereocenters. The molecule has 10 heteroatoms. The van der Waals surface area contributed by atoms with Gasteiger partial charge in [0.2, 0.25) is 0 Å². The van der Waals surface area contributed by atoms with E-state index in [0.29, 0.717) is 0 Å². The van der Waals surface area contributed by atoms with Gasteiger partial charge in [-0.05, 0) is 0 Å². The molecule has 9 nitrogen and oxygen atoms in total. The van der Waals surface area contributed by atoms with Gasteiger partial charge in [0.15, 0.2) is 0 Å². The molecule has 0 aliphatic carbocycles. The van der Waals surface area contributed by atoms with Crippen LogP contribution >= 0.6 is 0 Å². The summed E-state index contributed by atoms with van der Waals surface area (Å²) in [5.41, 5.74) is 0. The Labute approximate surface area is 87.4 Å². The van der Waals surface area contributed by atoms with Crippen LogP contribution in [0.15, 0.2) is 0 Å². The summed E-state index contributed by atoms with van der Waals surface area (Å²) in [4.78, 5) is 8.36. The zero-order valence-corrected chi connectivity index (χ0v) is 8.82. The number of hydrogen-bond donors (Lipinski definition) is 1. The van der Waals surface area contributed by atoms with Crippen molar-refractivity contribution in [2.24, 2.45) is 0 Å². The Hall–Kier alpha value is 0.325. The maximum absolute atomic E-state index is 8.36. The van der Waals surface area contributed by atoms with Crippen LogP contribution in [0.1, 0.15) is 0 Å². The van der Waals surface area contributed by atoms with Crippen LogP contribution in [0.25, 0.3) is 0 Å². The fraction of sp³-hybridized carbons (Fsp3) is 0. The number of rotatable bonds is 0. The van der Waals surface area contributed by atoms with E-state index in [9.17, 15) is 0 Å². The van der Waals surface area contributed by atoms with Crippen molar-refractivity contribution < 1.29 is 77.6 Å². The molecule has 0 rings (SSSR count). The van der Waals surface area contributed by atoms with E-state index in [0.717, 1.165) is 0 Å². The zero-order valence-electron chi connectivity index (χ0n) is 4.71.